The summed E-state index contributed by atoms with van der Waals surface area (Å²) in [5.74, 6) is 0. The van der Waals surface area contributed by atoms with E-state index in [1.165, 1.54) is 44.1 Å². The number of halogens is 2. The van der Waals surface area contributed by atoms with Crippen molar-refractivity contribution in [3.05, 3.63) is 35.9 Å². The van der Waals surface area contributed by atoms with Crippen LogP contribution in [-0.4, -0.2) is 25.1 Å². The van der Waals surface area contributed by atoms with Gasteiger partial charge in [0.15, 0.2) is 5.50 Å². The molecule has 1 aromatic carbocycles. The van der Waals surface area contributed by atoms with Gasteiger partial charge in [0.2, 0.25) is 0 Å². The highest BCUT2D eigenvalue weighted by atomic mass is 35.5. The van der Waals surface area contributed by atoms with Crippen LogP contribution in [-0.2, 0) is 0 Å². The molecule has 0 fully saturated rings. The number of unbranched alkanes of at least 4 members (excludes halogenated alkanes) is 5. The third kappa shape index (κ3) is 6.97. The van der Waals surface area contributed by atoms with Crippen molar-refractivity contribution in [1.82, 2.24) is 0 Å². The van der Waals surface area contributed by atoms with Crippen LogP contribution in [0.25, 0.3) is 0 Å². The third-order valence-corrected chi connectivity index (χ3v) is 4.56. The Labute approximate surface area is 136 Å². The molecule has 0 aliphatic rings. The summed E-state index contributed by atoms with van der Waals surface area (Å²) in [6.45, 7) is 3.41. The lowest BCUT2D eigenvalue weighted by atomic mass is 10.1. The van der Waals surface area contributed by atoms with Gasteiger partial charge in [0, 0.05) is 5.56 Å². The normalized spacial score (nSPS) is 12.8. The summed E-state index contributed by atoms with van der Waals surface area (Å²) in [5.41, 5.74) is 1.27. The molecule has 1 aromatic rings. The van der Waals surface area contributed by atoms with Gasteiger partial charge in [-0.05, 0) is 12.8 Å². The Balaban J connectivity index is 0.00000361. The van der Waals surface area contributed by atoms with Crippen LogP contribution >= 0.6 is 11.6 Å². The van der Waals surface area contributed by atoms with E-state index in [0.717, 1.165) is 11.0 Å². The van der Waals surface area contributed by atoms with Gasteiger partial charge in [0.05, 0.1) is 20.6 Å². The van der Waals surface area contributed by atoms with E-state index in [1.807, 2.05) is 6.07 Å². The minimum Gasteiger partial charge on any atom is -1.00 e. The third-order valence-electron chi connectivity index (χ3n) is 3.78. The fraction of sp³-hybridized carbons (Fsp3) is 0.647. The van der Waals surface area contributed by atoms with E-state index >= 15 is 0 Å². The summed E-state index contributed by atoms with van der Waals surface area (Å²) in [4.78, 5) is 0. The molecule has 0 amide bonds. The van der Waals surface area contributed by atoms with Gasteiger partial charge in [-0.15, -0.1) is 0 Å². The monoisotopic (exact) mass is 317 g/mol. The standard InChI is InChI=1S/C17H29ClN.ClH/c1-4-5-6-7-8-12-15-19(2,3)17(18)16-13-10-9-11-14-16;/h9-11,13-14,17H,4-8,12,15H2,1-3H3;1H/q+1;/p-1. The first-order chi connectivity index (χ1) is 9.08. The highest BCUT2D eigenvalue weighted by Crippen LogP contribution is 2.29. The van der Waals surface area contributed by atoms with Crippen molar-refractivity contribution in [3.63, 3.8) is 0 Å². The Morgan fingerprint density at radius 1 is 0.950 bits per heavy atom. The molecule has 0 aliphatic heterocycles. The number of benzene rings is 1. The molecule has 116 valence electrons. The Morgan fingerprint density at radius 3 is 2.10 bits per heavy atom. The van der Waals surface area contributed by atoms with Crippen molar-refractivity contribution in [2.75, 3.05) is 20.6 Å². The van der Waals surface area contributed by atoms with Crippen molar-refractivity contribution < 1.29 is 16.9 Å². The van der Waals surface area contributed by atoms with Gasteiger partial charge in [-0.3, -0.25) is 0 Å². The number of hydrogen-bond donors (Lipinski definition) is 0. The lowest BCUT2D eigenvalue weighted by molar-refractivity contribution is -0.907. The number of quaternary nitrogens is 1. The van der Waals surface area contributed by atoms with Crippen molar-refractivity contribution in [2.24, 2.45) is 0 Å². The Morgan fingerprint density at radius 2 is 1.50 bits per heavy atom. The van der Waals surface area contributed by atoms with Crippen LogP contribution in [0.5, 0.6) is 0 Å². The van der Waals surface area contributed by atoms with Crippen LogP contribution < -0.4 is 12.4 Å². The quantitative estimate of drug-likeness (QED) is 0.284. The van der Waals surface area contributed by atoms with Gasteiger partial charge >= 0.3 is 0 Å². The maximum absolute atomic E-state index is 6.63. The maximum atomic E-state index is 6.63. The van der Waals surface area contributed by atoms with E-state index in [9.17, 15) is 0 Å². The van der Waals surface area contributed by atoms with Crippen LogP contribution in [0.3, 0.4) is 0 Å². The predicted molar refractivity (Wildman–Crippen MR) is 85.4 cm³/mol. The lowest BCUT2D eigenvalue weighted by Crippen LogP contribution is -3.00. The first-order valence-electron chi connectivity index (χ1n) is 7.59. The fourth-order valence-corrected chi connectivity index (χ4v) is 2.67. The van der Waals surface area contributed by atoms with Gasteiger partial charge in [-0.1, -0.05) is 74.5 Å². The largest absolute Gasteiger partial charge is 1.00 e. The first-order valence-corrected chi connectivity index (χ1v) is 8.03. The average molecular weight is 318 g/mol. The van der Waals surface area contributed by atoms with Gasteiger partial charge in [0.1, 0.15) is 0 Å². The minimum atomic E-state index is 0. The van der Waals surface area contributed by atoms with Crippen molar-refractivity contribution in [1.29, 1.82) is 0 Å². The Kier molecular flexibility index (Phi) is 10.4. The molecular weight excluding hydrogens is 289 g/mol. The van der Waals surface area contributed by atoms with Gasteiger partial charge in [-0.2, -0.15) is 0 Å². The Hall–Kier alpha value is -0.240. The molecule has 0 saturated carbocycles. The second kappa shape index (κ2) is 10.5. The molecule has 0 heterocycles. The van der Waals surface area contributed by atoms with Gasteiger partial charge in [-0.25, -0.2) is 0 Å². The second-order valence-electron chi connectivity index (χ2n) is 6.02. The van der Waals surface area contributed by atoms with Crippen LogP contribution in [0, 0.1) is 0 Å². The van der Waals surface area contributed by atoms with Gasteiger partial charge in [0.25, 0.3) is 0 Å². The molecule has 0 saturated heterocycles. The number of alkyl halides is 1. The maximum Gasteiger partial charge on any atom is 0.190 e. The van der Waals surface area contributed by atoms with E-state index < -0.39 is 0 Å². The van der Waals surface area contributed by atoms with E-state index in [1.54, 1.807) is 0 Å². The van der Waals surface area contributed by atoms with Gasteiger partial charge < -0.3 is 16.9 Å². The molecule has 0 radical (unpaired) electrons. The summed E-state index contributed by atoms with van der Waals surface area (Å²) in [6.07, 6.45) is 8.05. The minimum absolute atomic E-state index is 0. The molecule has 1 rings (SSSR count). The van der Waals surface area contributed by atoms with Crippen molar-refractivity contribution in [3.8, 4) is 0 Å². The fourth-order valence-electron chi connectivity index (χ4n) is 2.43. The van der Waals surface area contributed by atoms with Crippen LogP contribution in [0.15, 0.2) is 30.3 Å². The summed E-state index contributed by atoms with van der Waals surface area (Å²) in [6, 6.07) is 10.4. The first kappa shape index (κ1) is 19.8. The number of nitrogens with zero attached hydrogens (tertiary/aromatic N) is 1. The lowest BCUT2D eigenvalue weighted by Gasteiger charge is -2.34. The topological polar surface area (TPSA) is 0 Å². The SMILES string of the molecule is CCCCCCCC[N+](C)(C)C(Cl)c1ccccc1.[Cl-]. The highest BCUT2D eigenvalue weighted by molar-refractivity contribution is 6.19. The molecule has 0 N–H and O–H groups in total. The summed E-state index contributed by atoms with van der Waals surface area (Å²) < 4.78 is 0.860. The smallest absolute Gasteiger partial charge is 0.190 e. The highest BCUT2D eigenvalue weighted by Gasteiger charge is 2.26. The van der Waals surface area contributed by atoms with E-state index in [4.69, 9.17) is 11.6 Å². The molecule has 20 heavy (non-hydrogen) atoms. The average Bonchev–Trinajstić information content (AvgIpc) is 2.43. The van der Waals surface area contributed by atoms with E-state index in [0.29, 0.717) is 0 Å². The summed E-state index contributed by atoms with van der Waals surface area (Å²) in [5, 5.41) is 0. The van der Waals surface area contributed by atoms with Crippen LogP contribution in [0.4, 0.5) is 0 Å². The summed E-state index contributed by atoms with van der Waals surface area (Å²) in [7, 11) is 4.47. The number of rotatable bonds is 9. The number of hydrogen-bond acceptors (Lipinski definition) is 0. The zero-order valence-corrected chi connectivity index (χ0v) is 14.6. The van der Waals surface area contributed by atoms with Crippen LogP contribution in [0.2, 0.25) is 0 Å². The molecule has 3 heteroatoms. The molecule has 0 spiro atoms. The predicted octanol–water partition coefficient (Wildman–Crippen LogP) is 2.36. The molecule has 1 atom stereocenters. The molecule has 0 bridgehead atoms. The van der Waals surface area contributed by atoms with Crippen molar-refractivity contribution >= 4 is 11.6 Å². The molecular formula is C17H29Cl2N. The molecule has 1 unspecified atom stereocenters. The molecule has 0 aliphatic carbocycles. The van der Waals surface area contributed by atoms with Crippen LogP contribution in [0.1, 0.15) is 56.5 Å². The zero-order chi connectivity index (χ0) is 14.1. The Bertz CT molecular complexity index is 338. The zero-order valence-electron chi connectivity index (χ0n) is 13.1. The van der Waals surface area contributed by atoms with E-state index in [2.05, 4.69) is 45.3 Å². The molecule has 1 nitrogen and oxygen atoms in total. The summed E-state index contributed by atoms with van der Waals surface area (Å²) >= 11 is 6.63. The molecule has 0 aromatic heterocycles. The van der Waals surface area contributed by atoms with E-state index in [-0.39, 0.29) is 17.9 Å². The second-order valence-corrected chi connectivity index (χ2v) is 6.43. The van der Waals surface area contributed by atoms with Crippen molar-refractivity contribution in [2.45, 2.75) is 50.9 Å².